The van der Waals surface area contributed by atoms with Crippen LogP contribution < -0.4 is 0 Å². The van der Waals surface area contributed by atoms with Gasteiger partial charge >= 0.3 is 6.18 Å². The summed E-state index contributed by atoms with van der Waals surface area (Å²) in [5, 5.41) is 27.2. The Hall–Kier alpha value is -1.44. The zero-order valence-electron chi connectivity index (χ0n) is 9.05. The van der Waals surface area contributed by atoms with Gasteiger partial charge in [-0.2, -0.15) is 13.2 Å². The smallest absolute Gasteiger partial charge is 0.394 e. The molecule has 2 unspecified atom stereocenters. The zero-order valence-corrected chi connectivity index (χ0v) is 9.05. The van der Waals surface area contributed by atoms with Gasteiger partial charge in [0.25, 0.3) is 0 Å². The van der Waals surface area contributed by atoms with E-state index in [1.165, 1.54) is 0 Å². The lowest BCUT2D eigenvalue weighted by Crippen LogP contribution is -2.22. The SMILES string of the molecule is O=Cc1ccc(C(O)C(O)CO)cc1C(F)(F)F. The minimum atomic E-state index is -4.74. The molecule has 0 bridgehead atoms. The summed E-state index contributed by atoms with van der Waals surface area (Å²) in [5.41, 5.74) is -1.98. The van der Waals surface area contributed by atoms with Crippen LogP contribution in [0.3, 0.4) is 0 Å². The molecule has 2 atom stereocenters. The molecule has 7 heteroatoms. The van der Waals surface area contributed by atoms with Crippen LogP contribution >= 0.6 is 0 Å². The first kappa shape index (κ1) is 14.6. The lowest BCUT2D eigenvalue weighted by Gasteiger charge is -2.18. The monoisotopic (exact) mass is 264 g/mol. The number of aliphatic hydroxyl groups is 3. The van der Waals surface area contributed by atoms with E-state index >= 15 is 0 Å². The lowest BCUT2D eigenvalue weighted by atomic mass is 9.98. The van der Waals surface area contributed by atoms with Crippen LogP contribution in [0.2, 0.25) is 0 Å². The van der Waals surface area contributed by atoms with Crippen LogP contribution in [0.5, 0.6) is 0 Å². The van der Waals surface area contributed by atoms with E-state index in [2.05, 4.69) is 0 Å². The molecule has 100 valence electrons. The van der Waals surface area contributed by atoms with Gasteiger partial charge in [0.15, 0.2) is 6.29 Å². The predicted octanol–water partition coefficient (Wildman–Crippen LogP) is 0.904. The molecule has 0 amide bonds. The highest BCUT2D eigenvalue weighted by atomic mass is 19.4. The van der Waals surface area contributed by atoms with Gasteiger partial charge in [0.1, 0.15) is 12.2 Å². The van der Waals surface area contributed by atoms with Gasteiger partial charge in [-0.1, -0.05) is 12.1 Å². The molecule has 18 heavy (non-hydrogen) atoms. The van der Waals surface area contributed by atoms with Crippen molar-refractivity contribution in [1.82, 2.24) is 0 Å². The van der Waals surface area contributed by atoms with E-state index in [9.17, 15) is 23.1 Å². The zero-order chi connectivity index (χ0) is 13.9. The number of aldehydes is 1. The Morgan fingerprint density at radius 2 is 1.89 bits per heavy atom. The van der Waals surface area contributed by atoms with Gasteiger partial charge in [0.05, 0.1) is 12.2 Å². The van der Waals surface area contributed by atoms with Crippen molar-refractivity contribution in [3.8, 4) is 0 Å². The molecule has 0 saturated carbocycles. The molecular formula is C11H11F3O4. The molecule has 0 aliphatic heterocycles. The molecular weight excluding hydrogens is 253 g/mol. The third-order valence-electron chi connectivity index (χ3n) is 2.40. The average Bonchev–Trinajstić information content (AvgIpc) is 2.35. The van der Waals surface area contributed by atoms with Crippen LogP contribution in [-0.2, 0) is 6.18 Å². The van der Waals surface area contributed by atoms with Crippen LogP contribution in [0.4, 0.5) is 13.2 Å². The summed E-state index contributed by atoms with van der Waals surface area (Å²) in [7, 11) is 0. The van der Waals surface area contributed by atoms with Crippen molar-refractivity contribution in [2.24, 2.45) is 0 Å². The summed E-state index contributed by atoms with van der Waals surface area (Å²) in [6.45, 7) is -0.794. The van der Waals surface area contributed by atoms with Crippen LogP contribution in [0, 0.1) is 0 Å². The van der Waals surface area contributed by atoms with Gasteiger partial charge in [0.2, 0.25) is 0 Å². The van der Waals surface area contributed by atoms with E-state index in [1.54, 1.807) is 0 Å². The lowest BCUT2D eigenvalue weighted by molar-refractivity contribution is -0.138. The van der Waals surface area contributed by atoms with Crippen molar-refractivity contribution in [3.05, 3.63) is 34.9 Å². The Balaban J connectivity index is 3.23. The molecule has 0 aliphatic rings. The first-order valence-corrected chi connectivity index (χ1v) is 4.94. The topological polar surface area (TPSA) is 77.8 Å². The average molecular weight is 264 g/mol. The van der Waals surface area contributed by atoms with Crippen molar-refractivity contribution < 1.29 is 33.3 Å². The van der Waals surface area contributed by atoms with E-state index in [0.717, 1.165) is 12.1 Å². The molecule has 1 rings (SSSR count). The second-order valence-electron chi connectivity index (χ2n) is 3.66. The Bertz CT molecular complexity index is 431. The first-order chi connectivity index (χ1) is 8.31. The number of rotatable bonds is 4. The van der Waals surface area contributed by atoms with Crippen LogP contribution in [-0.4, -0.2) is 34.3 Å². The van der Waals surface area contributed by atoms with Crippen molar-refractivity contribution in [3.63, 3.8) is 0 Å². The van der Waals surface area contributed by atoms with Gasteiger partial charge in [-0.05, 0) is 11.6 Å². The maximum atomic E-state index is 12.6. The van der Waals surface area contributed by atoms with Gasteiger partial charge < -0.3 is 15.3 Å². The van der Waals surface area contributed by atoms with Crippen LogP contribution in [0.15, 0.2) is 18.2 Å². The summed E-state index contributed by atoms with van der Waals surface area (Å²) in [5.74, 6) is 0. The third kappa shape index (κ3) is 3.06. The van der Waals surface area contributed by atoms with E-state index in [-0.39, 0.29) is 11.8 Å². The van der Waals surface area contributed by atoms with E-state index < -0.39 is 36.1 Å². The quantitative estimate of drug-likeness (QED) is 0.706. The van der Waals surface area contributed by atoms with E-state index in [4.69, 9.17) is 10.2 Å². The summed E-state index contributed by atoms with van der Waals surface area (Å²) in [4.78, 5) is 10.5. The van der Waals surface area contributed by atoms with Gasteiger partial charge in [-0.3, -0.25) is 4.79 Å². The Labute approximate surface area is 100 Å². The number of hydrogen-bond donors (Lipinski definition) is 3. The number of hydrogen-bond acceptors (Lipinski definition) is 4. The molecule has 4 nitrogen and oxygen atoms in total. The normalized spacial score (nSPS) is 15.2. The third-order valence-corrected chi connectivity index (χ3v) is 2.40. The first-order valence-electron chi connectivity index (χ1n) is 4.94. The number of benzene rings is 1. The highest BCUT2D eigenvalue weighted by Gasteiger charge is 2.34. The molecule has 1 aromatic carbocycles. The summed E-state index contributed by atoms with van der Waals surface area (Å²) >= 11 is 0. The molecule has 0 aliphatic carbocycles. The van der Waals surface area contributed by atoms with Crippen molar-refractivity contribution in [2.45, 2.75) is 18.4 Å². The van der Waals surface area contributed by atoms with Crippen LogP contribution in [0.1, 0.15) is 27.6 Å². The molecule has 3 N–H and O–H groups in total. The maximum absolute atomic E-state index is 12.6. The molecule has 0 saturated heterocycles. The van der Waals surface area contributed by atoms with E-state index in [1.807, 2.05) is 0 Å². The van der Waals surface area contributed by atoms with E-state index in [0.29, 0.717) is 6.07 Å². The Morgan fingerprint density at radius 3 is 2.33 bits per heavy atom. The Kier molecular flexibility index (Phi) is 4.44. The number of halogens is 3. The molecule has 0 radical (unpaired) electrons. The fourth-order valence-corrected chi connectivity index (χ4v) is 1.43. The number of aliphatic hydroxyl groups excluding tert-OH is 3. The molecule has 0 aromatic heterocycles. The molecule has 0 heterocycles. The summed E-state index contributed by atoms with van der Waals surface area (Å²) in [6, 6.07) is 2.56. The summed E-state index contributed by atoms with van der Waals surface area (Å²) in [6.07, 6.45) is -7.93. The highest BCUT2D eigenvalue weighted by molar-refractivity contribution is 5.77. The standard InChI is InChI=1S/C11H11F3O4/c12-11(13,14)8-3-6(1-2-7(8)4-15)10(18)9(17)5-16/h1-4,9-10,16-18H,5H2. The Morgan fingerprint density at radius 1 is 1.28 bits per heavy atom. The summed E-state index contributed by atoms with van der Waals surface area (Å²) < 4.78 is 37.8. The van der Waals surface area contributed by atoms with Crippen molar-refractivity contribution in [2.75, 3.05) is 6.61 Å². The van der Waals surface area contributed by atoms with Crippen LogP contribution in [0.25, 0.3) is 0 Å². The highest BCUT2D eigenvalue weighted by Crippen LogP contribution is 2.33. The second kappa shape index (κ2) is 5.47. The predicted molar refractivity (Wildman–Crippen MR) is 54.9 cm³/mol. The molecule has 0 spiro atoms. The van der Waals surface area contributed by atoms with Gasteiger partial charge in [0, 0.05) is 5.56 Å². The number of carbonyl (C=O) groups excluding carboxylic acids is 1. The minimum absolute atomic E-state index is 0.0570. The number of alkyl halides is 3. The van der Waals surface area contributed by atoms with Crippen molar-refractivity contribution in [1.29, 1.82) is 0 Å². The number of carbonyl (C=O) groups is 1. The van der Waals surface area contributed by atoms with Gasteiger partial charge in [-0.15, -0.1) is 0 Å². The fourth-order valence-electron chi connectivity index (χ4n) is 1.43. The van der Waals surface area contributed by atoms with Crippen molar-refractivity contribution >= 4 is 6.29 Å². The largest absolute Gasteiger partial charge is 0.417 e. The molecule has 0 fully saturated rings. The van der Waals surface area contributed by atoms with Gasteiger partial charge in [-0.25, -0.2) is 0 Å². The maximum Gasteiger partial charge on any atom is 0.417 e. The molecule has 1 aromatic rings. The minimum Gasteiger partial charge on any atom is -0.394 e. The second-order valence-corrected chi connectivity index (χ2v) is 3.66. The fraction of sp³-hybridized carbons (Fsp3) is 0.364.